The molecule has 170 valence electrons. The number of likely N-dealkylation sites (tertiary alicyclic amines) is 2. The van der Waals surface area contributed by atoms with Crippen LogP contribution in [0.4, 0.5) is 0 Å². The summed E-state index contributed by atoms with van der Waals surface area (Å²) in [7, 11) is 0. The molecule has 0 saturated carbocycles. The maximum Gasteiger partial charge on any atom is 0.254 e. The lowest BCUT2D eigenvalue weighted by Crippen LogP contribution is -2.31. The highest BCUT2D eigenvalue weighted by molar-refractivity contribution is 5.94. The molecule has 2 saturated heterocycles. The van der Waals surface area contributed by atoms with Gasteiger partial charge in [0.25, 0.3) is 5.91 Å². The van der Waals surface area contributed by atoms with Crippen molar-refractivity contribution in [1.29, 1.82) is 0 Å². The molecule has 0 radical (unpaired) electrons. The summed E-state index contributed by atoms with van der Waals surface area (Å²) in [5.41, 5.74) is 0.647. The maximum atomic E-state index is 12.8. The molecule has 1 atom stereocenters. The second-order valence-corrected chi connectivity index (χ2v) is 8.26. The maximum absolute atomic E-state index is 12.8. The van der Waals surface area contributed by atoms with Crippen molar-refractivity contribution in [1.82, 2.24) is 25.3 Å². The average molecular weight is 440 g/mol. The van der Waals surface area contributed by atoms with Gasteiger partial charge in [0, 0.05) is 51.0 Å². The summed E-state index contributed by atoms with van der Waals surface area (Å²) in [5, 5.41) is 6.95. The molecule has 1 N–H and O–H groups in total. The Morgan fingerprint density at radius 2 is 2.00 bits per heavy atom. The number of hydrogen-bond acceptors (Lipinski definition) is 6. The van der Waals surface area contributed by atoms with Gasteiger partial charge in [-0.25, -0.2) is 0 Å². The number of carbonyl (C=O) groups is 3. The van der Waals surface area contributed by atoms with Crippen molar-refractivity contribution >= 4 is 17.7 Å². The Bertz CT molecular complexity index is 945. The summed E-state index contributed by atoms with van der Waals surface area (Å²) in [6.45, 7) is 2.71. The summed E-state index contributed by atoms with van der Waals surface area (Å²) < 4.78 is 5.34. The topological polar surface area (TPSA) is 109 Å². The van der Waals surface area contributed by atoms with Crippen molar-refractivity contribution in [3.63, 3.8) is 0 Å². The molecule has 2 aliphatic heterocycles. The molecule has 1 aromatic heterocycles. The highest BCUT2D eigenvalue weighted by atomic mass is 16.5. The van der Waals surface area contributed by atoms with Crippen LogP contribution in [0.5, 0.6) is 0 Å². The van der Waals surface area contributed by atoms with Gasteiger partial charge in [-0.2, -0.15) is 4.98 Å². The van der Waals surface area contributed by atoms with Crippen LogP contribution in [0.15, 0.2) is 34.9 Å². The Morgan fingerprint density at radius 3 is 2.78 bits per heavy atom. The zero-order valence-electron chi connectivity index (χ0n) is 18.2. The quantitative estimate of drug-likeness (QED) is 0.600. The van der Waals surface area contributed by atoms with Crippen LogP contribution in [0.1, 0.15) is 66.6 Å². The van der Waals surface area contributed by atoms with E-state index < -0.39 is 0 Å². The fourth-order valence-corrected chi connectivity index (χ4v) is 4.28. The standard InChI is InChI=1S/C23H29N5O4/c29-19(24-13-6-15-27-14-5-10-21(27)30)11-12-20-25-22(26-32-20)18-9-4-16-28(18)23(31)17-7-2-1-3-8-17/h1-3,7-8,18H,4-6,9-16H2,(H,24,29). The molecule has 0 spiro atoms. The Kier molecular flexibility index (Phi) is 7.14. The second kappa shape index (κ2) is 10.4. The fraction of sp³-hybridized carbons (Fsp3) is 0.522. The summed E-state index contributed by atoms with van der Waals surface area (Å²) >= 11 is 0. The summed E-state index contributed by atoms with van der Waals surface area (Å²) in [5.74, 6) is 0.984. The summed E-state index contributed by atoms with van der Waals surface area (Å²) in [4.78, 5) is 44.6. The van der Waals surface area contributed by atoms with Crippen molar-refractivity contribution in [2.45, 2.75) is 51.0 Å². The first kappa shape index (κ1) is 22.0. The third-order valence-corrected chi connectivity index (χ3v) is 5.98. The van der Waals surface area contributed by atoms with Gasteiger partial charge in [-0.05, 0) is 37.8 Å². The van der Waals surface area contributed by atoms with E-state index in [9.17, 15) is 14.4 Å². The molecule has 9 heteroatoms. The number of nitrogens with one attached hydrogen (secondary N) is 1. The van der Waals surface area contributed by atoms with Gasteiger partial charge < -0.3 is 19.6 Å². The van der Waals surface area contributed by atoms with Gasteiger partial charge in [-0.1, -0.05) is 23.4 Å². The zero-order valence-corrected chi connectivity index (χ0v) is 18.2. The van der Waals surface area contributed by atoms with Crippen molar-refractivity contribution in [2.75, 3.05) is 26.2 Å². The van der Waals surface area contributed by atoms with Crippen LogP contribution in [0, 0.1) is 0 Å². The van der Waals surface area contributed by atoms with Gasteiger partial charge in [-0.15, -0.1) is 0 Å². The smallest absolute Gasteiger partial charge is 0.254 e. The minimum absolute atomic E-state index is 0.0329. The minimum Gasteiger partial charge on any atom is -0.356 e. The molecule has 3 amide bonds. The van der Waals surface area contributed by atoms with Crippen LogP contribution < -0.4 is 5.32 Å². The lowest BCUT2D eigenvalue weighted by molar-refractivity contribution is -0.127. The van der Waals surface area contributed by atoms with E-state index in [1.54, 1.807) is 17.0 Å². The van der Waals surface area contributed by atoms with E-state index in [-0.39, 0.29) is 30.2 Å². The molecule has 0 aliphatic carbocycles. The molecule has 3 heterocycles. The number of hydrogen-bond donors (Lipinski definition) is 1. The van der Waals surface area contributed by atoms with Gasteiger partial charge in [0.15, 0.2) is 5.82 Å². The number of benzene rings is 1. The first-order chi connectivity index (χ1) is 15.6. The molecular weight excluding hydrogens is 410 g/mol. The van der Waals surface area contributed by atoms with E-state index in [4.69, 9.17) is 4.52 Å². The highest BCUT2D eigenvalue weighted by Crippen LogP contribution is 2.31. The van der Waals surface area contributed by atoms with Crippen LogP contribution in [0.25, 0.3) is 0 Å². The highest BCUT2D eigenvalue weighted by Gasteiger charge is 2.33. The predicted molar refractivity (Wildman–Crippen MR) is 116 cm³/mol. The van der Waals surface area contributed by atoms with Gasteiger partial charge in [-0.3, -0.25) is 14.4 Å². The van der Waals surface area contributed by atoms with E-state index in [0.717, 1.165) is 32.2 Å². The van der Waals surface area contributed by atoms with E-state index in [0.29, 0.717) is 49.8 Å². The molecule has 2 fully saturated rings. The van der Waals surface area contributed by atoms with Gasteiger partial charge >= 0.3 is 0 Å². The summed E-state index contributed by atoms with van der Waals surface area (Å²) in [6, 6.07) is 8.99. The zero-order chi connectivity index (χ0) is 22.3. The lowest BCUT2D eigenvalue weighted by atomic mass is 10.1. The monoisotopic (exact) mass is 439 g/mol. The number of aryl methyl sites for hydroxylation is 1. The molecule has 0 bridgehead atoms. The van der Waals surface area contributed by atoms with E-state index in [1.807, 2.05) is 23.1 Å². The van der Waals surface area contributed by atoms with Gasteiger partial charge in [0.05, 0.1) is 6.04 Å². The molecular formula is C23H29N5O4. The molecule has 9 nitrogen and oxygen atoms in total. The first-order valence-electron chi connectivity index (χ1n) is 11.3. The molecule has 1 aromatic carbocycles. The van der Waals surface area contributed by atoms with E-state index in [1.165, 1.54) is 0 Å². The second-order valence-electron chi connectivity index (χ2n) is 8.26. The Labute approximate surface area is 187 Å². The summed E-state index contributed by atoms with van der Waals surface area (Å²) in [6.07, 6.45) is 4.59. The normalized spacial score (nSPS) is 18.4. The number of carbonyl (C=O) groups excluding carboxylic acids is 3. The number of aromatic nitrogens is 2. The molecule has 4 rings (SSSR count). The Morgan fingerprint density at radius 1 is 1.16 bits per heavy atom. The molecule has 2 aliphatic rings. The predicted octanol–water partition coefficient (Wildman–Crippen LogP) is 2.11. The van der Waals surface area contributed by atoms with Crippen LogP contribution in [-0.2, 0) is 16.0 Å². The van der Waals surface area contributed by atoms with Crippen LogP contribution in [-0.4, -0.2) is 63.8 Å². The SMILES string of the molecule is O=C(CCc1nc(C2CCCN2C(=O)c2ccccc2)no1)NCCCN1CCCC1=O. The van der Waals surface area contributed by atoms with Gasteiger partial charge in [0.2, 0.25) is 17.7 Å². The van der Waals surface area contributed by atoms with Crippen molar-refractivity contribution in [3.8, 4) is 0 Å². The van der Waals surface area contributed by atoms with Gasteiger partial charge in [0.1, 0.15) is 0 Å². The van der Waals surface area contributed by atoms with Crippen LogP contribution >= 0.6 is 0 Å². The first-order valence-corrected chi connectivity index (χ1v) is 11.3. The van der Waals surface area contributed by atoms with E-state index in [2.05, 4.69) is 15.5 Å². The minimum atomic E-state index is -0.206. The largest absolute Gasteiger partial charge is 0.356 e. The number of rotatable bonds is 9. The third-order valence-electron chi connectivity index (χ3n) is 5.98. The van der Waals surface area contributed by atoms with E-state index >= 15 is 0 Å². The average Bonchev–Trinajstić information content (AvgIpc) is 3.56. The van der Waals surface area contributed by atoms with Crippen LogP contribution in [0.2, 0.25) is 0 Å². The van der Waals surface area contributed by atoms with Crippen molar-refractivity contribution in [3.05, 3.63) is 47.6 Å². The Hall–Kier alpha value is -3.23. The van der Waals surface area contributed by atoms with Crippen molar-refractivity contribution < 1.29 is 18.9 Å². The molecule has 2 aromatic rings. The Balaban J connectivity index is 1.22. The fourth-order valence-electron chi connectivity index (χ4n) is 4.28. The molecule has 32 heavy (non-hydrogen) atoms. The van der Waals surface area contributed by atoms with Crippen molar-refractivity contribution in [2.24, 2.45) is 0 Å². The number of nitrogens with zero attached hydrogens (tertiary/aromatic N) is 4. The third kappa shape index (κ3) is 5.33. The molecule has 1 unspecified atom stereocenters. The van der Waals surface area contributed by atoms with Crippen LogP contribution in [0.3, 0.4) is 0 Å². The number of amides is 3. The lowest BCUT2D eigenvalue weighted by Gasteiger charge is -2.22.